The number of hydrogen-bond donors (Lipinski definition) is 0. The first-order valence-electron chi connectivity index (χ1n) is 6.50. The van der Waals surface area contributed by atoms with Crippen LogP contribution in [0.25, 0.3) is 11.3 Å². The van der Waals surface area contributed by atoms with Gasteiger partial charge < -0.3 is 9.47 Å². The lowest BCUT2D eigenvalue weighted by atomic mass is 10.1. The summed E-state index contributed by atoms with van der Waals surface area (Å²) >= 11 is 1.34. The van der Waals surface area contributed by atoms with Crippen molar-refractivity contribution in [2.24, 2.45) is 0 Å². The lowest BCUT2D eigenvalue weighted by molar-refractivity contribution is 0.112. The zero-order chi connectivity index (χ0) is 14.5. The highest BCUT2D eigenvalue weighted by Gasteiger charge is 2.13. The molecule has 5 heteroatoms. The fraction of sp³-hybridized carbons (Fsp3) is 0.333. The van der Waals surface area contributed by atoms with Gasteiger partial charge in [-0.1, -0.05) is 0 Å². The normalized spacial score (nSPS) is 10.3. The Hall–Kier alpha value is -1.88. The minimum absolute atomic E-state index is 0.478. The van der Waals surface area contributed by atoms with E-state index in [9.17, 15) is 4.79 Å². The average Bonchev–Trinajstić information content (AvgIpc) is 2.91. The van der Waals surface area contributed by atoms with E-state index in [2.05, 4.69) is 4.98 Å². The molecule has 0 atom stereocenters. The molecule has 20 heavy (non-hydrogen) atoms. The molecule has 0 saturated carbocycles. The number of rotatable bonds is 6. The maximum atomic E-state index is 10.7. The first-order chi connectivity index (χ1) is 9.69. The molecule has 1 aromatic carbocycles. The van der Waals surface area contributed by atoms with Gasteiger partial charge in [0.05, 0.1) is 18.9 Å². The maximum Gasteiger partial charge on any atom is 0.178 e. The van der Waals surface area contributed by atoms with Gasteiger partial charge in [-0.05, 0) is 38.5 Å². The van der Waals surface area contributed by atoms with Crippen LogP contribution < -0.4 is 9.47 Å². The smallest absolute Gasteiger partial charge is 0.178 e. The van der Waals surface area contributed by atoms with Gasteiger partial charge in [0.25, 0.3) is 0 Å². The van der Waals surface area contributed by atoms with Crippen LogP contribution in [0.5, 0.6) is 11.5 Å². The van der Waals surface area contributed by atoms with Crippen molar-refractivity contribution in [3.05, 3.63) is 28.1 Å². The number of ether oxygens (including phenoxy) is 2. The number of hydrogen-bond acceptors (Lipinski definition) is 5. The van der Waals surface area contributed by atoms with Crippen LogP contribution in [0.2, 0.25) is 0 Å². The second-order valence-corrected chi connectivity index (χ2v) is 5.06. The monoisotopic (exact) mass is 291 g/mol. The van der Waals surface area contributed by atoms with Gasteiger partial charge in [0.15, 0.2) is 22.8 Å². The molecule has 106 valence electrons. The second kappa shape index (κ2) is 6.52. The van der Waals surface area contributed by atoms with Crippen LogP contribution >= 0.6 is 11.3 Å². The SMILES string of the molecule is CCOc1cc(C)c(-c2csc(C=O)n2)cc1OCC. The first kappa shape index (κ1) is 14.5. The van der Waals surface area contributed by atoms with E-state index in [1.54, 1.807) is 0 Å². The summed E-state index contributed by atoms with van der Waals surface area (Å²) in [6, 6.07) is 3.87. The number of carbonyl (C=O) groups is 1. The Bertz CT molecular complexity index is 607. The first-order valence-corrected chi connectivity index (χ1v) is 7.38. The van der Waals surface area contributed by atoms with Crippen molar-refractivity contribution >= 4 is 17.6 Å². The Labute approximate surface area is 122 Å². The third-order valence-corrected chi connectivity index (χ3v) is 3.56. The molecule has 2 aromatic rings. The molecular weight excluding hydrogens is 274 g/mol. The van der Waals surface area contributed by atoms with Gasteiger partial charge in [0.2, 0.25) is 0 Å². The molecule has 2 rings (SSSR count). The zero-order valence-corrected chi connectivity index (χ0v) is 12.6. The van der Waals surface area contributed by atoms with E-state index in [4.69, 9.17) is 9.47 Å². The number of aromatic nitrogens is 1. The van der Waals surface area contributed by atoms with Crippen LogP contribution in [0.15, 0.2) is 17.5 Å². The van der Waals surface area contributed by atoms with Gasteiger partial charge in [-0.3, -0.25) is 4.79 Å². The highest BCUT2D eigenvalue weighted by molar-refractivity contribution is 7.11. The van der Waals surface area contributed by atoms with Crippen LogP contribution in [0, 0.1) is 6.92 Å². The molecule has 4 nitrogen and oxygen atoms in total. The average molecular weight is 291 g/mol. The number of aldehydes is 1. The van der Waals surface area contributed by atoms with Gasteiger partial charge in [0, 0.05) is 10.9 Å². The van der Waals surface area contributed by atoms with Gasteiger partial charge in [-0.15, -0.1) is 11.3 Å². The minimum atomic E-state index is 0.478. The number of nitrogens with zero attached hydrogens (tertiary/aromatic N) is 1. The molecule has 0 aliphatic heterocycles. The summed E-state index contributed by atoms with van der Waals surface area (Å²) in [5, 5.41) is 2.36. The van der Waals surface area contributed by atoms with Gasteiger partial charge >= 0.3 is 0 Å². The Morgan fingerprint density at radius 2 is 1.85 bits per heavy atom. The van der Waals surface area contributed by atoms with E-state index >= 15 is 0 Å². The second-order valence-electron chi connectivity index (χ2n) is 4.17. The van der Waals surface area contributed by atoms with Crippen LogP contribution in [0.3, 0.4) is 0 Å². The highest BCUT2D eigenvalue weighted by Crippen LogP contribution is 2.36. The molecule has 0 spiro atoms. The summed E-state index contributed by atoms with van der Waals surface area (Å²) in [6.45, 7) is 7.02. The predicted molar refractivity (Wildman–Crippen MR) is 80.0 cm³/mol. The quantitative estimate of drug-likeness (QED) is 0.761. The molecular formula is C15H17NO3S. The minimum Gasteiger partial charge on any atom is -0.490 e. The van der Waals surface area contributed by atoms with Crippen molar-refractivity contribution in [2.75, 3.05) is 13.2 Å². The lowest BCUT2D eigenvalue weighted by Crippen LogP contribution is -2.00. The Kier molecular flexibility index (Phi) is 4.74. The summed E-state index contributed by atoms with van der Waals surface area (Å²) in [7, 11) is 0. The number of benzene rings is 1. The van der Waals surface area contributed by atoms with Crippen molar-refractivity contribution in [3.63, 3.8) is 0 Å². The van der Waals surface area contributed by atoms with E-state index in [1.807, 2.05) is 38.3 Å². The topological polar surface area (TPSA) is 48.4 Å². The molecule has 0 fully saturated rings. The van der Waals surface area contributed by atoms with E-state index in [-0.39, 0.29) is 0 Å². The summed E-state index contributed by atoms with van der Waals surface area (Å²) in [5.74, 6) is 1.44. The van der Waals surface area contributed by atoms with Crippen molar-refractivity contribution < 1.29 is 14.3 Å². The van der Waals surface area contributed by atoms with E-state index in [1.165, 1.54) is 11.3 Å². The largest absolute Gasteiger partial charge is 0.490 e. The van der Waals surface area contributed by atoms with Crippen LogP contribution in [-0.4, -0.2) is 24.5 Å². The van der Waals surface area contributed by atoms with Crippen molar-refractivity contribution in [3.8, 4) is 22.8 Å². The van der Waals surface area contributed by atoms with Crippen molar-refractivity contribution in [1.29, 1.82) is 0 Å². The fourth-order valence-corrected chi connectivity index (χ4v) is 2.56. The van der Waals surface area contributed by atoms with Gasteiger partial charge in [-0.25, -0.2) is 4.98 Å². The molecule has 0 unspecified atom stereocenters. The van der Waals surface area contributed by atoms with E-state index in [0.29, 0.717) is 24.0 Å². The zero-order valence-electron chi connectivity index (χ0n) is 11.8. The van der Waals surface area contributed by atoms with Crippen LogP contribution in [-0.2, 0) is 0 Å². The Morgan fingerprint density at radius 1 is 1.20 bits per heavy atom. The molecule has 0 saturated heterocycles. The summed E-state index contributed by atoms with van der Waals surface area (Å²) in [6.07, 6.45) is 0.765. The van der Waals surface area contributed by atoms with Gasteiger partial charge in [0.1, 0.15) is 0 Å². The molecule has 0 aliphatic carbocycles. The van der Waals surface area contributed by atoms with Crippen molar-refractivity contribution in [2.45, 2.75) is 20.8 Å². The van der Waals surface area contributed by atoms with E-state index < -0.39 is 0 Å². The van der Waals surface area contributed by atoms with Crippen LogP contribution in [0.4, 0.5) is 0 Å². The van der Waals surface area contributed by atoms with Crippen molar-refractivity contribution in [1.82, 2.24) is 4.98 Å². The summed E-state index contributed by atoms with van der Waals surface area (Å²) in [5.41, 5.74) is 2.79. The number of aryl methyl sites for hydroxylation is 1. The van der Waals surface area contributed by atoms with Crippen LogP contribution in [0.1, 0.15) is 29.2 Å². The summed E-state index contributed by atoms with van der Waals surface area (Å²) < 4.78 is 11.2. The molecule has 1 heterocycles. The Morgan fingerprint density at radius 3 is 2.40 bits per heavy atom. The molecule has 0 aliphatic rings. The number of carbonyl (C=O) groups excluding carboxylic acids is 1. The third-order valence-electron chi connectivity index (χ3n) is 2.79. The third kappa shape index (κ3) is 2.99. The lowest BCUT2D eigenvalue weighted by Gasteiger charge is -2.14. The fourth-order valence-electron chi connectivity index (χ4n) is 1.94. The molecule has 0 bridgehead atoms. The standard InChI is InChI=1S/C15H17NO3S/c1-4-18-13-6-10(3)11(7-14(13)19-5-2)12-9-20-15(8-17)16-12/h6-9H,4-5H2,1-3H3. The predicted octanol–water partition coefficient (Wildman–Crippen LogP) is 3.73. The Balaban J connectivity index is 2.47. The molecule has 0 radical (unpaired) electrons. The maximum absolute atomic E-state index is 10.7. The highest BCUT2D eigenvalue weighted by atomic mass is 32.1. The molecule has 1 aromatic heterocycles. The van der Waals surface area contributed by atoms with Gasteiger partial charge in [-0.2, -0.15) is 0 Å². The number of thiazole rings is 1. The summed E-state index contributed by atoms with van der Waals surface area (Å²) in [4.78, 5) is 15.0. The molecule has 0 N–H and O–H groups in total. The van der Waals surface area contributed by atoms with E-state index in [0.717, 1.165) is 28.9 Å². The molecule has 0 amide bonds.